The van der Waals surface area contributed by atoms with Gasteiger partial charge in [-0.25, -0.2) is 0 Å². The van der Waals surface area contributed by atoms with Crippen LogP contribution >= 0.6 is 0 Å². The molecule has 3 N–H and O–H groups in total. The zero-order valence-corrected chi connectivity index (χ0v) is 11.1. The lowest BCUT2D eigenvalue weighted by molar-refractivity contribution is -0.176. The highest BCUT2D eigenvalue weighted by Gasteiger charge is 2.46. The minimum absolute atomic E-state index is 0.156. The maximum atomic E-state index is 12.4. The predicted octanol–water partition coefficient (Wildman–Crippen LogP) is 1.71. The number of hydrogen-bond acceptors (Lipinski definition) is 2. The van der Waals surface area contributed by atoms with Crippen molar-refractivity contribution < 1.29 is 22.8 Å². The molecular formula is C14H15F3N2O2. The SMILES string of the molecule is C=CC[C@@](Cc1ccccc1)(NC(=O)C(F)(F)F)C(N)=O. The molecule has 1 rings (SSSR count). The van der Waals surface area contributed by atoms with Crippen molar-refractivity contribution in [3.63, 3.8) is 0 Å². The van der Waals surface area contributed by atoms with Gasteiger partial charge in [-0.2, -0.15) is 13.2 Å². The van der Waals surface area contributed by atoms with E-state index >= 15 is 0 Å². The Bertz CT molecular complexity index is 529. The first-order chi connectivity index (χ1) is 9.71. The van der Waals surface area contributed by atoms with Crippen molar-refractivity contribution in [1.29, 1.82) is 0 Å². The number of benzene rings is 1. The van der Waals surface area contributed by atoms with Gasteiger partial charge in [0.1, 0.15) is 5.54 Å². The Morgan fingerprint density at radius 3 is 2.24 bits per heavy atom. The second-order valence-electron chi connectivity index (χ2n) is 4.55. The Kier molecular flexibility index (Phi) is 5.12. The molecule has 0 aliphatic carbocycles. The molecule has 0 aliphatic rings. The van der Waals surface area contributed by atoms with E-state index in [4.69, 9.17) is 5.73 Å². The lowest BCUT2D eigenvalue weighted by Gasteiger charge is -2.31. The van der Waals surface area contributed by atoms with Crippen LogP contribution in [0.25, 0.3) is 0 Å². The van der Waals surface area contributed by atoms with Crippen molar-refractivity contribution >= 4 is 11.8 Å². The van der Waals surface area contributed by atoms with Crippen LogP contribution in [0.3, 0.4) is 0 Å². The van der Waals surface area contributed by atoms with Gasteiger partial charge in [-0.3, -0.25) is 9.59 Å². The lowest BCUT2D eigenvalue weighted by atomic mass is 9.86. The maximum absolute atomic E-state index is 12.4. The highest BCUT2D eigenvalue weighted by atomic mass is 19.4. The van der Waals surface area contributed by atoms with Crippen LogP contribution < -0.4 is 11.1 Å². The fourth-order valence-electron chi connectivity index (χ4n) is 1.90. The van der Waals surface area contributed by atoms with E-state index in [1.807, 2.05) is 0 Å². The standard InChI is InChI=1S/C14H15F3N2O2/c1-2-8-13(11(18)20,19-12(21)14(15,16)17)9-10-6-4-3-5-7-10/h2-7H,1,8-9H2,(H2,18,20)(H,19,21)/t13-/m0/s1. The summed E-state index contributed by atoms with van der Waals surface area (Å²) in [6, 6.07) is 8.31. The summed E-state index contributed by atoms with van der Waals surface area (Å²) in [6.45, 7) is 3.40. The molecule has 1 aromatic rings. The maximum Gasteiger partial charge on any atom is 0.471 e. The van der Waals surface area contributed by atoms with Crippen molar-refractivity contribution in [2.45, 2.75) is 24.6 Å². The molecule has 0 spiro atoms. The van der Waals surface area contributed by atoms with Crippen molar-refractivity contribution in [3.05, 3.63) is 48.6 Å². The monoisotopic (exact) mass is 300 g/mol. The molecule has 0 aliphatic heterocycles. The van der Waals surface area contributed by atoms with Crippen molar-refractivity contribution in [3.8, 4) is 0 Å². The fraction of sp³-hybridized carbons (Fsp3) is 0.286. The zero-order valence-electron chi connectivity index (χ0n) is 11.1. The molecule has 4 nitrogen and oxygen atoms in total. The molecule has 0 saturated carbocycles. The summed E-state index contributed by atoms with van der Waals surface area (Å²) in [4.78, 5) is 22.8. The third-order valence-corrected chi connectivity index (χ3v) is 2.92. The van der Waals surface area contributed by atoms with Gasteiger partial charge in [0.25, 0.3) is 0 Å². The summed E-state index contributed by atoms with van der Waals surface area (Å²) in [6.07, 6.45) is -4.22. The number of amides is 2. The number of hydrogen-bond donors (Lipinski definition) is 2. The summed E-state index contributed by atoms with van der Waals surface area (Å²) < 4.78 is 37.3. The van der Waals surface area contributed by atoms with Gasteiger partial charge in [-0.1, -0.05) is 36.4 Å². The number of primary amides is 1. The van der Waals surface area contributed by atoms with Gasteiger partial charge in [0.15, 0.2) is 0 Å². The Labute approximate surface area is 119 Å². The van der Waals surface area contributed by atoms with E-state index < -0.39 is 23.5 Å². The van der Waals surface area contributed by atoms with E-state index in [0.29, 0.717) is 5.56 Å². The lowest BCUT2D eigenvalue weighted by Crippen LogP contribution is -2.61. The van der Waals surface area contributed by atoms with Gasteiger partial charge in [0.05, 0.1) is 0 Å². The minimum atomic E-state index is -5.10. The van der Waals surface area contributed by atoms with Crippen molar-refractivity contribution in [2.24, 2.45) is 5.73 Å². The van der Waals surface area contributed by atoms with Crippen LogP contribution in [0.5, 0.6) is 0 Å². The van der Waals surface area contributed by atoms with Gasteiger partial charge >= 0.3 is 12.1 Å². The van der Waals surface area contributed by atoms with E-state index in [9.17, 15) is 22.8 Å². The number of halogens is 3. The van der Waals surface area contributed by atoms with E-state index in [2.05, 4.69) is 6.58 Å². The summed E-state index contributed by atoms with van der Waals surface area (Å²) in [7, 11) is 0. The Morgan fingerprint density at radius 2 is 1.81 bits per heavy atom. The number of nitrogens with two attached hydrogens (primary N) is 1. The molecule has 0 unspecified atom stereocenters. The summed E-state index contributed by atoms with van der Waals surface area (Å²) >= 11 is 0. The van der Waals surface area contributed by atoms with E-state index in [1.165, 1.54) is 6.08 Å². The molecule has 0 fully saturated rings. The first kappa shape index (κ1) is 16.7. The van der Waals surface area contributed by atoms with E-state index in [-0.39, 0.29) is 12.8 Å². The number of carbonyl (C=O) groups excluding carboxylic acids is 2. The van der Waals surface area contributed by atoms with Crippen LogP contribution in [0.2, 0.25) is 0 Å². The molecule has 0 saturated heterocycles. The van der Waals surface area contributed by atoms with Gasteiger partial charge in [0.2, 0.25) is 5.91 Å². The van der Waals surface area contributed by atoms with Crippen molar-refractivity contribution in [2.75, 3.05) is 0 Å². The molecule has 0 radical (unpaired) electrons. The van der Waals surface area contributed by atoms with Crippen LogP contribution in [0, 0.1) is 0 Å². The van der Waals surface area contributed by atoms with Gasteiger partial charge < -0.3 is 11.1 Å². The summed E-state index contributed by atoms with van der Waals surface area (Å²) in [5, 5.41) is 1.71. The van der Waals surface area contributed by atoms with Gasteiger partial charge in [-0.15, -0.1) is 6.58 Å². The smallest absolute Gasteiger partial charge is 0.368 e. The third kappa shape index (κ3) is 4.34. The quantitative estimate of drug-likeness (QED) is 0.785. The number of alkyl halides is 3. The third-order valence-electron chi connectivity index (χ3n) is 2.92. The molecule has 1 atom stereocenters. The summed E-state index contributed by atoms with van der Waals surface area (Å²) in [5.41, 5.74) is 3.93. The Hall–Kier alpha value is -2.31. The Balaban J connectivity index is 3.12. The van der Waals surface area contributed by atoms with E-state index in [1.54, 1.807) is 35.6 Å². The first-order valence-corrected chi connectivity index (χ1v) is 6.05. The van der Waals surface area contributed by atoms with Crippen LogP contribution in [0.15, 0.2) is 43.0 Å². The first-order valence-electron chi connectivity index (χ1n) is 6.05. The molecule has 114 valence electrons. The second-order valence-corrected chi connectivity index (χ2v) is 4.55. The topological polar surface area (TPSA) is 72.2 Å². The van der Waals surface area contributed by atoms with E-state index in [0.717, 1.165) is 0 Å². The summed E-state index contributed by atoms with van der Waals surface area (Å²) in [5.74, 6) is -3.26. The minimum Gasteiger partial charge on any atom is -0.368 e. The van der Waals surface area contributed by atoms with Gasteiger partial charge in [-0.05, 0) is 12.0 Å². The molecule has 1 aromatic carbocycles. The highest BCUT2D eigenvalue weighted by Crippen LogP contribution is 2.22. The van der Waals surface area contributed by atoms with Crippen LogP contribution in [-0.2, 0) is 16.0 Å². The predicted molar refractivity (Wildman–Crippen MR) is 71.1 cm³/mol. The second kappa shape index (κ2) is 6.43. The molecule has 7 heteroatoms. The molecule has 2 amide bonds. The molecule has 0 aromatic heterocycles. The fourth-order valence-corrected chi connectivity index (χ4v) is 1.90. The highest BCUT2D eigenvalue weighted by molar-refractivity contribution is 5.92. The van der Waals surface area contributed by atoms with Crippen LogP contribution in [0.1, 0.15) is 12.0 Å². The normalized spacial score (nSPS) is 14.0. The van der Waals surface area contributed by atoms with Crippen LogP contribution in [0.4, 0.5) is 13.2 Å². The van der Waals surface area contributed by atoms with Crippen LogP contribution in [-0.4, -0.2) is 23.5 Å². The molecule has 0 bridgehead atoms. The van der Waals surface area contributed by atoms with Gasteiger partial charge in [0, 0.05) is 6.42 Å². The molecule has 21 heavy (non-hydrogen) atoms. The zero-order chi connectivity index (χ0) is 16.1. The number of nitrogens with one attached hydrogen (secondary N) is 1. The Morgan fingerprint density at radius 1 is 1.24 bits per heavy atom. The average molecular weight is 300 g/mol. The number of rotatable bonds is 6. The molecular weight excluding hydrogens is 285 g/mol. The molecule has 0 heterocycles. The largest absolute Gasteiger partial charge is 0.471 e. The number of carbonyl (C=O) groups is 2. The average Bonchev–Trinajstić information content (AvgIpc) is 2.38. The van der Waals surface area contributed by atoms with Crippen molar-refractivity contribution in [1.82, 2.24) is 5.32 Å².